The first-order valence-corrected chi connectivity index (χ1v) is 14.4. The van der Waals surface area contributed by atoms with Crippen molar-refractivity contribution in [3.8, 4) is 44.5 Å². The predicted molar refractivity (Wildman–Crippen MR) is 175 cm³/mol. The summed E-state index contributed by atoms with van der Waals surface area (Å²) in [6.45, 7) is 7.51. The van der Waals surface area contributed by atoms with Crippen molar-refractivity contribution in [2.75, 3.05) is 0 Å². The Morgan fingerprint density at radius 3 is 1.54 bits per heavy atom. The zero-order valence-corrected chi connectivity index (χ0v) is 24.0. The summed E-state index contributed by atoms with van der Waals surface area (Å²) in [7, 11) is 0.423. The van der Waals surface area contributed by atoms with Crippen molar-refractivity contribution in [3.05, 3.63) is 115 Å². The summed E-state index contributed by atoms with van der Waals surface area (Å²) >= 11 is 0. The standard InChI is InChI=1S/C38H33BO2/c1-37(2,40)38(3,4)41-39-31-23-22-30-34-28(31)20-13-21-29(34)35-32(24-14-7-5-8-15-24)26-18-11-12-19-27(26)33(36(30)35)25-16-9-6-10-17-25/h5-23,39-40H,1-4H3. The van der Waals surface area contributed by atoms with E-state index in [9.17, 15) is 5.11 Å². The summed E-state index contributed by atoms with van der Waals surface area (Å²) in [5.74, 6) is 0. The molecular weight excluding hydrogens is 499 g/mol. The summed E-state index contributed by atoms with van der Waals surface area (Å²) < 4.78 is 6.36. The van der Waals surface area contributed by atoms with Gasteiger partial charge in [-0.2, -0.15) is 0 Å². The Bertz CT molecular complexity index is 1840. The molecule has 7 rings (SSSR count). The van der Waals surface area contributed by atoms with Crippen molar-refractivity contribution in [2.45, 2.75) is 38.9 Å². The molecule has 0 heterocycles. The maximum atomic E-state index is 10.7. The fourth-order valence-electron chi connectivity index (χ4n) is 6.23. The molecule has 3 heteroatoms. The maximum Gasteiger partial charge on any atom is 0.310 e. The Balaban J connectivity index is 1.56. The molecule has 0 bridgehead atoms. The van der Waals surface area contributed by atoms with Crippen LogP contribution in [0.4, 0.5) is 0 Å². The van der Waals surface area contributed by atoms with Gasteiger partial charge >= 0.3 is 7.48 Å². The Hall–Kier alpha value is -4.18. The second-order valence-corrected chi connectivity index (χ2v) is 12.1. The van der Waals surface area contributed by atoms with Gasteiger partial charge in [-0.05, 0) is 99.2 Å². The van der Waals surface area contributed by atoms with Gasteiger partial charge in [-0.1, -0.05) is 115 Å². The topological polar surface area (TPSA) is 29.5 Å². The third-order valence-electron chi connectivity index (χ3n) is 9.07. The molecule has 200 valence electrons. The van der Waals surface area contributed by atoms with E-state index in [4.69, 9.17) is 4.65 Å². The van der Waals surface area contributed by atoms with Crippen molar-refractivity contribution in [2.24, 2.45) is 0 Å². The smallest absolute Gasteiger partial charge is 0.310 e. The van der Waals surface area contributed by atoms with Crippen LogP contribution in [0.2, 0.25) is 0 Å². The van der Waals surface area contributed by atoms with Crippen molar-refractivity contribution in [3.63, 3.8) is 0 Å². The van der Waals surface area contributed by atoms with E-state index in [0.717, 1.165) is 5.46 Å². The summed E-state index contributed by atoms with van der Waals surface area (Å²) in [6.07, 6.45) is 0. The molecule has 1 N–H and O–H groups in total. The van der Waals surface area contributed by atoms with Crippen LogP contribution in [-0.4, -0.2) is 23.8 Å². The average Bonchev–Trinajstić information content (AvgIpc) is 3.31. The number of aliphatic hydroxyl groups is 1. The Labute approximate surface area is 242 Å². The summed E-state index contributed by atoms with van der Waals surface area (Å²) in [6, 6.07) is 41.6. The molecule has 0 amide bonds. The number of rotatable bonds is 6. The molecule has 6 aromatic carbocycles. The second kappa shape index (κ2) is 9.44. The molecule has 1 aliphatic rings. The Morgan fingerprint density at radius 2 is 1.00 bits per heavy atom. The SMILES string of the molecule is CC(C)(O)C(C)(C)OBc1ccc2c3c(cccc13)-c1c-2c(-c2ccccc2)c2ccccc2c1-c1ccccc1. The molecule has 0 radical (unpaired) electrons. The van der Waals surface area contributed by atoms with Crippen molar-refractivity contribution < 1.29 is 9.76 Å². The normalized spacial score (nSPS) is 12.6. The molecule has 0 unspecified atom stereocenters. The first-order chi connectivity index (χ1) is 19.8. The number of benzene rings is 6. The highest BCUT2D eigenvalue weighted by Gasteiger charge is 2.36. The minimum Gasteiger partial charge on any atom is -0.427 e. The predicted octanol–water partition coefficient (Wildman–Crippen LogP) is 8.52. The number of hydrogen-bond donors (Lipinski definition) is 1. The van der Waals surface area contributed by atoms with Gasteiger partial charge in [0.2, 0.25) is 0 Å². The van der Waals surface area contributed by atoms with E-state index in [1.807, 2.05) is 13.8 Å². The van der Waals surface area contributed by atoms with Crippen LogP contribution in [0.5, 0.6) is 0 Å². The van der Waals surface area contributed by atoms with E-state index in [1.165, 1.54) is 66.1 Å². The van der Waals surface area contributed by atoms with Gasteiger partial charge in [0.25, 0.3) is 0 Å². The third kappa shape index (κ3) is 4.03. The van der Waals surface area contributed by atoms with E-state index < -0.39 is 11.2 Å². The summed E-state index contributed by atoms with van der Waals surface area (Å²) in [4.78, 5) is 0. The third-order valence-corrected chi connectivity index (χ3v) is 9.07. The van der Waals surface area contributed by atoms with Gasteiger partial charge in [-0.15, -0.1) is 0 Å². The van der Waals surface area contributed by atoms with Gasteiger partial charge in [0.05, 0.1) is 11.2 Å². The maximum absolute atomic E-state index is 10.7. The van der Waals surface area contributed by atoms with Crippen LogP contribution in [0.1, 0.15) is 27.7 Å². The Kier molecular flexibility index (Phi) is 5.94. The van der Waals surface area contributed by atoms with Crippen LogP contribution in [0.25, 0.3) is 66.1 Å². The lowest BCUT2D eigenvalue weighted by molar-refractivity contribution is -0.0893. The minimum absolute atomic E-state index is 0.423. The van der Waals surface area contributed by atoms with Crippen molar-refractivity contribution in [1.82, 2.24) is 0 Å². The van der Waals surface area contributed by atoms with Crippen LogP contribution < -0.4 is 5.46 Å². The molecule has 41 heavy (non-hydrogen) atoms. The van der Waals surface area contributed by atoms with Crippen LogP contribution in [0.15, 0.2) is 115 Å². The first kappa shape index (κ1) is 25.8. The van der Waals surface area contributed by atoms with Gasteiger partial charge in [0, 0.05) is 0 Å². The monoisotopic (exact) mass is 532 g/mol. The quantitative estimate of drug-likeness (QED) is 0.218. The fourth-order valence-corrected chi connectivity index (χ4v) is 6.23. The van der Waals surface area contributed by atoms with Gasteiger partial charge in [-0.3, -0.25) is 0 Å². The zero-order valence-electron chi connectivity index (χ0n) is 24.0. The highest BCUT2D eigenvalue weighted by Crippen LogP contribution is 2.57. The second-order valence-electron chi connectivity index (χ2n) is 12.1. The van der Waals surface area contributed by atoms with E-state index in [1.54, 1.807) is 13.8 Å². The highest BCUT2D eigenvalue weighted by atomic mass is 16.5. The van der Waals surface area contributed by atoms with E-state index in [2.05, 4.69) is 115 Å². The van der Waals surface area contributed by atoms with Crippen LogP contribution >= 0.6 is 0 Å². The lowest BCUT2D eigenvalue weighted by Crippen LogP contribution is -2.49. The Morgan fingerprint density at radius 1 is 0.512 bits per heavy atom. The molecule has 0 aromatic heterocycles. The van der Waals surface area contributed by atoms with E-state index in [-0.39, 0.29) is 0 Å². The molecule has 0 saturated carbocycles. The lowest BCUT2D eigenvalue weighted by Gasteiger charge is -2.37. The molecule has 6 aromatic rings. The molecular formula is C38H33BO2. The number of hydrogen-bond acceptors (Lipinski definition) is 2. The molecule has 2 nitrogen and oxygen atoms in total. The largest absolute Gasteiger partial charge is 0.427 e. The molecule has 0 fully saturated rings. The molecule has 0 spiro atoms. The molecule has 0 atom stereocenters. The van der Waals surface area contributed by atoms with Crippen LogP contribution in [0.3, 0.4) is 0 Å². The van der Waals surface area contributed by atoms with Gasteiger partial charge in [0.15, 0.2) is 0 Å². The van der Waals surface area contributed by atoms with Gasteiger partial charge in [-0.25, -0.2) is 0 Å². The van der Waals surface area contributed by atoms with Gasteiger partial charge < -0.3 is 9.76 Å². The van der Waals surface area contributed by atoms with Crippen LogP contribution in [0, 0.1) is 0 Å². The number of fused-ring (bicyclic) bond motifs is 4. The summed E-state index contributed by atoms with van der Waals surface area (Å²) in [5.41, 5.74) is 9.58. The van der Waals surface area contributed by atoms with Crippen LogP contribution in [-0.2, 0) is 4.65 Å². The molecule has 0 saturated heterocycles. The lowest BCUT2D eigenvalue weighted by atomic mass is 9.79. The molecule has 0 aliphatic heterocycles. The average molecular weight is 532 g/mol. The van der Waals surface area contributed by atoms with Crippen molar-refractivity contribution in [1.29, 1.82) is 0 Å². The van der Waals surface area contributed by atoms with E-state index in [0.29, 0.717) is 7.48 Å². The highest BCUT2D eigenvalue weighted by molar-refractivity contribution is 6.52. The fraction of sp³-hybridized carbons (Fsp3) is 0.158. The molecule has 1 aliphatic carbocycles. The minimum atomic E-state index is -0.965. The van der Waals surface area contributed by atoms with E-state index >= 15 is 0 Å². The van der Waals surface area contributed by atoms with Gasteiger partial charge in [0.1, 0.15) is 0 Å². The summed E-state index contributed by atoms with van der Waals surface area (Å²) in [5, 5.41) is 15.7. The zero-order chi connectivity index (χ0) is 28.4. The first-order valence-electron chi connectivity index (χ1n) is 14.4. The van der Waals surface area contributed by atoms with Crippen molar-refractivity contribution >= 4 is 34.5 Å².